The summed E-state index contributed by atoms with van der Waals surface area (Å²) in [6.45, 7) is 1.41. The van der Waals surface area contributed by atoms with Gasteiger partial charge < -0.3 is 20.1 Å². The van der Waals surface area contributed by atoms with Crippen molar-refractivity contribution >= 4 is 29.2 Å². The number of nitrogens with zero attached hydrogens (tertiary/aromatic N) is 1. The Morgan fingerprint density at radius 2 is 1.75 bits per heavy atom. The van der Waals surface area contributed by atoms with E-state index in [1.807, 2.05) is 13.0 Å². The van der Waals surface area contributed by atoms with Crippen LogP contribution in [0.1, 0.15) is 22.3 Å². The van der Waals surface area contributed by atoms with E-state index in [0.717, 1.165) is 5.56 Å². The van der Waals surface area contributed by atoms with Crippen LogP contribution in [-0.2, 0) is 14.3 Å². The Morgan fingerprint density at radius 1 is 1.04 bits per heavy atom. The number of amides is 2. The third-order valence-corrected chi connectivity index (χ3v) is 3.61. The monoisotopic (exact) mass is 381 g/mol. The molecule has 0 bridgehead atoms. The second kappa shape index (κ2) is 9.73. The fourth-order valence-corrected chi connectivity index (χ4v) is 2.29. The van der Waals surface area contributed by atoms with Gasteiger partial charge in [-0.1, -0.05) is 6.07 Å². The van der Waals surface area contributed by atoms with E-state index in [-0.39, 0.29) is 12.0 Å². The van der Waals surface area contributed by atoms with Crippen molar-refractivity contribution in [2.45, 2.75) is 13.3 Å². The number of nitrogens with one attached hydrogen (secondary N) is 2. The van der Waals surface area contributed by atoms with Crippen LogP contribution in [0.2, 0.25) is 0 Å². The highest BCUT2D eigenvalue weighted by Crippen LogP contribution is 2.25. The van der Waals surface area contributed by atoms with Crippen LogP contribution < -0.4 is 15.4 Å². The predicted octanol–water partition coefficient (Wildman–Crippen LogP) is 2.65. The first-order chi connectivity index (χ1) is 13.4. The molecule has 2 amide bonds. The molecule has 0 radical (unpaired) electrons. The quantitative estimate of drug-likeness (QED) is 0.712. The van der Waals surface area contributed by atoms with Gasteiger partial charge in [-0.2, -0.15) is 5.26 Å². The highest BCUT2D eigenvalue weighted by atomic mass is 16.5. The van der Waals surface area contributed by atoms with Gasteiger partial charge in [0.1, 0.15) is 12.2 Å². The maximum absolute atomic E-state index is 12.1. The molecule has 8 nitrogen and oxygen atoms in total. The first kappa shape index (κ1) is 20.5. The minimum Gasteiger partial charge on any atom is -0.495 e. The highest BCUT2D eigenvalue weighted by Gasteiger charge is 2.13. The van der Waals surface area contributed by atoms with E-state index in [2.05, 4.69) is 10.6 Å². The minimum absolute atomic E-state index is 0.221. The fourth-order valence-electron chi connectivity index (χ4n) is 2.29. The molecule has 8 heteroatoms. The maximum Gasteiger partial charge on any atom is 0.338 e. The van der Waals surface area contributed by atoms with Crippen LogP contribution in [-0.4, -0.2) is 31.5 Å². The Labute approximate surface area is 162 Å². The van der Waals surface area contributed by atoms with E-state index in [1.165, 1.54) is 31.4 Å². The van der Waals surface area contributed by atoms with Gasteiger partial charge in [0.25, 0.3) is 5.91 Å². The number of aryl methyl sites for hydroxylation is 1. The van der Waals surface area contributed by atoms with Crippen LogP contribution in [0, 0.1) is 18.3 Å². The molecular weight excluding hydrogens is 362 g/mol. The van der Waals surface area contributed by atoms with Crippen molar-refractivity contribution in [3.05, 3.63) is 53.6 Å². The molecule has 0 spiro atoms. The number of nitriles is 1. The summed E-state index contributed by atoms with van der Waals surface area (Å²) in [5.41, 5.74) is 2.09. The van der Waals surface area contributed by atoms with Crippen molar-refractivity contribution in [2.75, 3.05) is 24.4 Å². The molecule has 0 saturated carbocycles. The van der Waals surface area contributed by atoms with Crippen molar-refractivity contribution < 1.29 is 23.9 Å². The van der Waals surface area contributed by atoms with Gasteiger partial charge in [0.05, 0.1) is 24.4 Å². The van der Waals surface area contributed by atoms with Gasteiger partial charge in [0.2, 0.25) is 5.91 Å². The highest BCUT2D eigenvalue weighted by molar-refractivity contribution is 5.97. The molecular formula is C20H19N3O5. The smallest absolute Gasteiger partial charge is 0.338 e. The Bertz CT molecular complexity index is 916. The van der Waals surface area contributed by atoms with E-state index in [1.54, 1.807) is 18.2 Å². The molecule has 2 aromatic carbocycles. The van der Waals surface area contributed by atoms with Gasteiger partial charge in [0, 0.05) is 5.69 Å². The lowest BCUT2D eigenvalue weighted by Gasteiger charge is -2.11. The fraction of sp³-hybridized carbons (Fsp3) is 0.200. The summed E-state index contributed by atoms with van der Waals surface area (Å²) in [5.74, 6) is -1.13. The number of rotatable bonds is 7. The summed E-state index contributed by atoms with van der Waals surface area (Å²) >= 11 is 0. The summed E-state index contributed by atoms with van der Waals surface area (Å²) in [7, 11) is 1.49. The van der Waals surface area contributed by atoms with Crippen LogP contribution in [0.15, 0.2) is 42.5 Å². The number of anilines is 2. The Hall–Kier alpha value is -3.86. The Kier molecular flexibility index (Phi) is 7.11. The number of hydrogen-bond donors (Lipinski definition) is 2. The zero-order chi connectivity index (χ0) is 20.5. The first-order valence-corrected chi connectivity index (χ1v) is 8.31. The number of esters is 1. The first-order valence-electron chi connectivity index (χ1n) is 8.31. The lowest BCUT2D eigenvalue weighted by atomic mass is 10.2. The summed E-state index contributed by atoms with van der Waals surface area (Å²) in [4.78, 5) is 35.5. The van der Waals surface area contributed by atoms with Crippen molar-refractivity contribution in [1.82, 2.24) is 0 Å². The van der Waals surface area contributed by atoms with Crippen molar-refractivity contribution in [1.29, 1.82) is 5.26 Å². The second-order valence-electron chi connectivity index (χ2n) is 5.79. The zero-order valence-electron chi connectivity index (χ0n) is 15.4. The van der Waals surface area contributed by atoms with Crippen LogP contribution in [0.4, 0.5) is 11.4 Å². The minimum atomic E-state index is -0.679. The average molecular weight is 381 g/mol. The average Bonchev–Trinajstić information content (AvgIpc) is 2.67. The molecule has 0 aliphatic heterocycles. The van der Waals surface area contributed by atoms with Gasteiger partial charge in [-0.25, -0.2) is 4.79 Å². The Balaban J connectivity index is 1.89. The molecule has 144 valence electrons. The molecule has 2 rings (SSSR count). The molecule has 0 fully saturated rings. The zero-order valence-corrected chi connectivity index (χ0v) is 15.4. The largest absolute Gasteiger partial charge is 0.495 e. The van der Waals surface area contributed by atoms with Crippen molar-refractivity contribution in [3.63, 3.8) is 0 Å². The SMILES string of the molecule is COc1ccc(C)cc1NC(=O)COC(=O)c1ccc(NC(=O)CC#N)cc1. The van der Waals surface area contributed by atoms with Gasteiger partial charge in [-0.3, -0.25) is 9.59 Å². The van der Waals surface area contributed by atoms with E-state index < -0.39 is 24.4 Å². The van der Waals surface area contributed by atoms with Crippen LogP contribution in [0.3, 0.4) is 0 Å². The number of methoxy groups -OCH3 is 1. The molecule has 0 aliphatic rings. The van der Waals surface area contributed by atoms with Crippen LogP contribution >= 0.6 is 0 Å². The second-order valence-corrected chi connectivity index (χ2v) is 5.79. The number of benzene rings is 2. The normalized spacial score (nSPS) is 9.75. The topological polar surface area (TPSA) is 118 Å². The molecule has 0 unspecified atom stereocenters. The molecule has 0 atom stereocenters. The summed E-state index contributed by atoms with van der Waals surface area (Å²) in [6, 6.07) is 13.0. The lowest BCUT2D eigenvalue weighted by molar-refractivity contribution is -0.119. The van der Waals surface area contributed by atoms with Crippen molar-refractivity contribution in [2.24, 2.45) is 0 Å². The van der Waals surface area contributed by atoms with Gasteiger partial charge in [-0.15, -0.1) is 0 Å². The van der Waals surface area contributed by atoms with Gasteiger partial charge in [0.15, 0.2) is 6.61 Å². The van der Waals surface area contributed by atoms with Gasteiger partial charge in [-0.05, 0) is 48.9 Å². The molecule has 0 saturated heterocycles. The third-order valence-electron chi connectivity index (χ3n) is 3.61. The number of carbonyl (C=O) groups is 3. The van der Waals surface area contributed by atoms with E-state index >= 15 is 0 Å². The van der Waals surface area contributed by atoms with Crippen molar-refractivity contribution in [3.8, 4) is 11.8 Å². The number of hydrogen-bond acceptors (Lipinski definition) is 6. The molecule has 0 aliphatic carbocycles. The summed E-state index contributed by atoms with van der Waals surface area (Å²) in [5, 5.41) is 13.6. The van der Waals surface area contributed by atoms with Crippen LogP contribution in [0.25, 0.3) is 0 Å². The number of carbonyl (C=O) groups excluding carboxylic acids is 3. The Morgan fingerprint density at radius 3 is 2.39 bits per heavy atom. The number of ether oxygens (including phenoxy) is 2. The van der Waals surface area contributed by atoms with E-state index in [9.17, 15) is 14.4 Å². The molecule has 28 heavy (non-hydrogen) atoms. The maximum atomic E-state index is 12.1. The lowest BCUT2D eigenvalue weighted by Crippen LogP contribution is -2.21. The third kappa shape index (κ3) is 5.85. The molecule has 2 aromatic rings. The summed E-state index contributed by atoms with van der Waals surface area (Å²) in [6.07, 6.45) is -0.259. The van der Waals surface area contributed by atoms with Gasteiger partial charge >= 0.3 is 5.97 Å². The van der Waals surface area contributed by atoms with E-state index in [4.69, 9.17) is 14.7 Å². The predicted molar refractivity (Wildman–Crippen MR) is 102 cm³/mol. The van der Waals surface area contributed by atoms with E-state index in [0.29, 0.717) is 17.1 Å². The molecule has 0 heterocycles. The molecule has 0 aromatic heterocycles. The standard InChI is InChI=1S/C20H19N3O5/c1-13-3-8-17(27-2)16(11-13)23-19(25)12-28-20(26)14-4-6-15(7-5-14)22-18(24)9-10-21/h3-8,11H,9,12H2,1-2H3,(H,22,24)(H,23,25). The molecule has 2 N–H and O–H groups in total. The van der Waals surface area contributed by atoms with Crippen LogP contribution in [0.5, 0.6) is 5.75 Å². The summed E-state index contributed by atoms with van der Waals surface area (Å²) < 4.78 is 10.2.